The molecule has 0 saturated carbocycles. The number of benzene rings is 1. The van der Waals surface area contributed by atoms with Crippen LogP contribution >= 0.6 is 11.6 Å². The second kappa shape index (κ2) is 8.86. The lowest BCUT2D eigenvalue weighted by Gasteiger charge is -2.18. The molecule has 2 N–H and O–H groups in total. The lowest BCUT2D eigenvalue weighted by Crippen LogP contribution is -2.30. The van der Waals surface area contributed by atoms with Gasteiger partial charge in [-0.15, -0.1) is 0 Å². The van der Waals surface area contributed by atoms with Gasteiger partial charge in [0, 0.05) is 13.6 Å². The number of hydrogen-bond donors (Lipinski definition) is 2. The van der Waals surface area contributed by atoms with E-state index in [1.165, 1.54) is 6.07 Å². The third kappa shape index (κ3) is 4.25. The molecule has 0 bridgehead atoms. The van der Waals surface area contributed by atoms with Crippen LogP contribution in [-0.2, 0) is 0 Å². The summed E-state index contributed by atoms with van der Waals surface area (Å²) in [6, 6.07) is 1.37. The average molecular weight is 384 g/mol. The highest BCUT2D eigenvalue weighted by molar-refractivity contribution is 6.35. The van der Waals surface area contributed by atoms with Gasteiger partial charge in [0.25, 0.3) is 5.91 Å². The zero-order chi connectivity index (χ0) is 19.3. The van der Waals surface area contributed by atoms with Crippen LogP contribution in [0, 0.1) is 0 Å². The summed E-state index contributed by atoms with van der Waals surface area (Å²) in [6.07, 6.45) is 0.799. The molecule has 0 unspecified atom stereocenters. The molecule has 9 heteroatoms. The van der Waals surface area contributed by atoms with Gasteiger partial charge in [-0.1, -0.05) is 25.4 Å². The third-order valence-electron chi connectivity index (χ3n) is 4.07. The van der Waals surface area contributed by atoms with Gasteiger partial charge in [-0.2, -0.15) is 0 Å². The molecule has 0 radical (unpaired) electrons. The molecule has 0 aliphatic rings. The maximum atomic E-state index is 12.5. The average Bonchev–Trinajstić information content (AvgIpc) is 2.63. The Labute approximate surface area is 155 Å². The monoisotopic (exact) mass is 383 g/mol. The first-order valence-electron chi connectivity index (χ1n) is 8.41. The number of carbonyl (C=O) groups excluding carboxylic acids is 1. The zero-order valence-corrected chi connectivity index (χ0v) is 15.7. The molecule has 0 aliphatic heterocycles. The minimum absolute atomic E-state index is 0.00754. The molecule has 0 aliphatic carbocycles. The molecule has 0 fully saturated rings. The minimum atomic E-state index is -1.16. The Morgan fingerprint density at radius 1 is 1.15 bits per heavy atom. The van der Waals surface area contributed by atoms with Crippen molar-refractivity contribution < 1.29 is 13.6 Å². The molecule has 0 saturated heterocycles. The quantitative estimate of drug-likeness (QED) is 0.529. The Morgan fingerprint density at radius 2 is 1.77 bits per heavy atom. The highest BCUT2D eigenvalue weighted by atomic mass is 35.5. The van der Waals surface area contributed by atoms with Crippen molar-refractivity contribution in [3.8, 4) is 0 Å². The molecule has 1 aromatic heterocycles. The van der Waals surface area contributed by atoms with Crippen LogP contribution in [0.5, 0.6) is 0 Å². The van der Waals surface area contributed by atoms with Crippen molar-refractivity contribution in [2.75, 3.05) is 38.5 Å². The smallest absolute Gasteiger partial charge is 0.412 e. The predicted octanol–water partition coefficient (Wildman–Crippen LogP) is 1.90. The van der Waals surface area contributed by atoms with Gasteiger partial charge in [0.05, 0.1) is 16.3 Å². The van der Waals surface area contributed by atoms with Gasteiger partial charge in [0.1, 0.15) is 0 Å². The van der Waals surface area contributed by atoms with Crippen LogP contribution in [0.1, 0.15) is 30.6 Å². The number of rotatable bonds is 8. The fourth-order valence-electron chi connectivity index (χ4n) is 2.64. The maximum absolute atomic E-state index is 12.5. The minimum Gasteiger partial charge on any atom is -0.412 e. The predicted molar refractivity (Wildman–Crippen MR) is 100 cm³/mol. The van der Waals surface area contributed by atoms with Gasteiger partial charge < -0.3 is 24.4 Å². The molecule has 142 valence electrons. The molecule has 2 aromatic rings. The van der Waals surface area contributed by atoms with Crippen LogP contribution in [0.3, 0.4) is 0 Å². The van der Waals surface area contributed by atoms with Crippen LogP contribution in [0.15, 0.2) is 24.5 Å². The van der Waals surface area contributed by atoms with Crippen molar-refractivity contribution in [1.82, 2.24) is 10.2 Å². The van der Waals surface area contributed by atoms with Crippen molar-refractivity contribution in [2.45, 2.75) is 20.3 Å². The molecule has 26 heavy (non-hydrogen) atoms. The van der Waals surface area contributed by atoms with Crippen molar-refractivity contribution >= 4 is 34.4 Å². The fraction of sp³-hybridized carbons (Fsp3) is 0.471. The Bertz CT molecular complexity index is 902. The van der Waals surface area contributed by atoms with Gasteiger partial charge >= 0.3 is 11.3 Å². The van der Waals surface area contributed by atoms with Crippen molar-refractivity contribution in [1.29, 1.82) is 0 Å². The molecule has 0 atom stereocenters. The first kappa shape index (κ1) is 20.0. The Hall–Kier alpha value is -2.32. The second-order valence-corrected chi connectivity index (χ2v) is 6.01. The van der Waals surface area contributed by atoms with E-state index in [1.807, 2.05) is 0 Å². The molecule has 0 spiro atoms. The Kier molecular flexibility index (Phi) is 6.82. The van der Waals surface area contributed by atoms with Crippen LogP contribution in [0.2, 0.25) is 5.02 Å². The second-order valence-electron chi connectivity index (χ2n) is 5.60. The van der Waals surface area contributed by atoms with Crippen molar-refractivity contribution in [3.63, 3.8) is 0 Å². The highest BCUT2D eigenvalue weighted by Crippen LogP contribution is 2.31. The van der Waals surface area contributed by atoms with Crippen LogP contribution < -0.4 is 21.9 Å². The number of hydrogen-bond acceptors (Lipinski definition) is 7. The summed E-state index contributed by atoms with van der Waals surface area (Å²) in [5.74, 6) is -0.369. The van der Waals surface area contributed by atoms with E-state index in [0.29, 0.717) is 6.54 Å². The van der Waals surface area contributed by atoms with E-state index < -0.39 is 11.3 Å². The number of nitrogens with one attached hydrogen (secondary N) is 2. The topological polar surface area (TPSA) is 105 Å². The Balaban J connectivity index is 2.26. The normalized spacial score (nSPS) is 11.1. The molecule has 2 rings (SSSR count). The summed E-state index contributed by atoms with van der Waals surface area (Å²) in [6.45, 7) is 7.46. The number of halogens is 1. The van der Waals surface area contributed by atoms with Gasteiger partial charge in [-0.05, 0) is 32.1 Å². The van der Waals surface area contributed by atoms with Crippen LogP contribution in [0.4, 0.5) is 5.69 Å². The molecule has 1 aromatic carbocycles. The fourth-order valence-corrected chi connectivity index (χ4v) is 2.87. The summed E-state index contributed by atoms with van der Waals surface area (Å²) in [5.41, 5.74) is -2.05. The Morgan fingerprint density at radius 3 is 2.35 bits per heavy atom. The molecule has 1 amide bonds. The summed E-state index contributed by atoms with van der Waals surface area (Å²) < 4.78 is 9.86. The van der Waals surface area contributed by atoms with Crippen LogP contribution in [0.25, 0.3) is 11.2 Å². The summed E-state index contributed by atoms with van der Waals surface area (Å²) >= 11 is 6.09. The van der Waals surface area contributed by atoms with Gasteiger partial charge in [-0.25, -0.2) is 9.59 Å². The number of fused-ring (bicyclic) bond motifs is 1. The van der Waals surface area contributed by atoms with E-state index in [0.717, 1.165) is 26.1 Å². The molecule has 1 heterocycles. The van der Waals surface area contributed by atoms with E-state index in [-0.39, 0.29) is 33.3 Å². The lowest BCUT2D eigenvalue weighted by molar-refractivity contribution is 0.0952. The van der Waals surface area contributed by atoms with Crippen molar-refractivity contribution in [3.05, 3.63) is 37.5 Å². The van der Waals surface area contributed by atoms with E-state index >= 15 is 0 Å². The SMILES string of the molecule is CCN(CC)CCCNC(=O)c1cc(Cl)c2oc(=O)c(=O)oc2c1NC. The molecule has 8 nitrogen and oxygen atoms in total. The first-order chi connectivity index (χ1) is 12.4. The van der Waals surface area contributed by atoms with Crippen LogP contribution in [-0.4, -0.2) is 44.0 Å². The molecular formula is C17H22ClN3O5. The third-order valence-corrected chi connectivity index (χ3v) is 4.35. The molecular weight excluding hydrogens is 362 g/mol. The van der Waals surface area contributed by atoms with E-state index in [9.17, 15) is 14.4 Å². The van der Waals surface area contributed by atoms with Crippen molar-refractivity contribution in [2.24, 2.45) is 0 Å². The highest BCUT2D eigenvalue weighted by Gasteiger charge is 2.21. The van der Waals surface area contributed by atoms with Gasteiger partial charge in [-0.3, -0.25) is 4.79 Å². The number of amides is 1. The summed E-state index contributed by atoms with van der Waals surface area (Å²) in [4.78, 5) is 37.6. The zero-order valence-electron chi connectivity index (χ0n) is 15.0. The standard InChI is InChI=1S/C17H22ClN3O5/c1-4-21(5-2)8-6-7-20-15(22)10-9-11(18)13-14(12(10)19-3)26-17(24)16(23)25-13/h9,19H,4-8H2,1-3H3,(H,20,22). The summed E-state index contributed by atoms with van der Waals surface area (Å²) in [5, 5.41) is 5.62. The number of carbonyl (C=O) groups is 1. The van der Waals surface area contributed by atoms with E-state index in [1.54, 1.807) is 7.05 Å². The van der Waals surface area contributed by atoms with E-state index in [4.69, 9.17) is 20.4 Å². The number of anilines is 1. The maximum Gasteiger partial charge on any atom is 0.423 e. The van der Waals surface area contributed by atoms with Gasteiger partial charge in [0.15, 0.2) is 11.2 Å². The van der Waals surface area contributed by atoms with E-state index in [2.05, 4.69) is 29.4 Å². The number of nitrogens with zero attached hydrogens (tertiary/aromatic N) is 1. The largest absolute Gasteiger partial charge is 0.423 e. The summed E-state index contributed by atoms with van der Waals surface area (Å²) in [7, 11) is 1.56. The lowest BCUT2D eigenvalue weighted by atomic mass is 10.1. The first-order valence-corrected chi connectivity index (χ1v) is 8.79. The van der Waals surface area contributed by atoms with Gasteiger partial charge in [0.2, 0.25) is 0 Å².